The summed E-state index contributed by atoms with van der Waals surface area (Å²) >= 11 is 0. The maximum absolute atomic E-state index is 12.5. The van der Waals surface area contributed by atoms with Gasteiger partial charge in [0.2, 0.25) is 0 Å². The van der Waals surface area contributed by atoms with Crippen molar-refractivity contribution >= 4 is 5.91 Å². The number of amides is 1. The fourth-order valence-corrected chi connectivity index (χ4v) is 2.47. The minimum Gasteiger partial charge on any atom is -0.497 e. The first kappa shape index (κ1) is 17.9. The standard InChI is InChI=1S/C20H25NO3/c1-13(2)15-6-8-16(9-7-15)14(3)21-20(22)17-10-18(23-4)12-19(11-17)24-5/h6-14H,1-5H3,(H,21,22). The summed E-state index contributed by atoms with van der Waals surface area (Å²) in [6.07, 6.45) is 0. The zero-order chi connectivity index (χ0) is 17.7. The third-order valence-corrected chi connectivity index (χ3v) is 4.06. The molecule has 0 spiro atoms. The first-order valence-electron chi connectivity index (χ1n) is 8.08. The predicted octanol–water partition coefficient (Wildman–Crippen LogP) is 4.32. The second-order valence-electron chi connectivity index (χ2n) is 6.12. The van der Waals surface area contributed by atoms with E-state index in [1.165, 1.54) is 5.56 Å². The van der Waals surface area contributed by atoms with Crippen molar-refractivity contribution in [2.75, 3.05) is 14.2 Å². The van der Waals surface area contributed by atoms with Crippen LogP contribution in [0.1, 0.15) is 54.2 Å². The first-order valence-corrected chi connectivity index (χ1v) is 8.08. The van der Waals surface area contributed by atoms with Crippen molar-refractivity contribution in [1.82, 2.24) is 5.32 Å². The number of hydrogen-bond donors (Lipinski definition) is 1. The van der Waals surface area contributed by atoms with Crippen LogP contribution in [0.25, 0.3) is 0 Å². The van der Waals surface area contributed by atoms with E-state index in [-0.39, 0.29) is 11.9 Å². The van der Waals surface area contributed by atoms with Crippen LogP contribution >= 0.6 is 0 Å². The molecule has 0 aromatic heterocycles. The molecule has 4 heteroatoms. The second kappa shape index (κ2) is 7.86. The summed E-state index contributed by atoms with van der Waals surface area (Å²) in [7, 11) is 3.13. The van der Waals surface area contributed by atoms with Gasteiger partial charge in [0, 0.05) is 11.6 Å². The molecular weight excluding hydrogens is 302 g/mol. The van der Waals surface area contributed by atoms with Crippen LogP contribution in [0.3, 0.4) is 0 Å². The maximum Gasteiger partial charge on any atom is 0.252 e. The van der Waals surface area contributed by atoms with Crippen LogP contribution < -0.4 is 14.8 Å². The van der Waals surface area contributed by atoms with Gasteiger partial charge in [-0.2, -0.15) is 0 Å². The molecule has 128 valence electrons. The number of carbonyl (C=O) groups is 1. The summed E-state index contributed by atoms with van der Waals surface area (Å²) in [5.41, 5.74) is 2.87. The van der Waals surface area contributed by atoms with Gasteiger partial charge in [-0.05, 0) is 36.1 Å². The maximum atomic E-state index is 12.5. The smallest absolute Gasteiger partial charge is 0.252 e. The minimum absolute atomic E-state index is 0.0871. The van der Waals surface area contributed by atoms with Crippen molar-refractivity contribution in [2.24, 2.45) is 0 Å². The Morgan fingerprint density at radius 2 is 1.38 bits per heavy atom. The number of nitrogens with one attached hydrogen (secondary N) is 1. The molecule has 0 heterocycles. The highest BCUT2D eigenvalue weighted by Crippen LogP contribution is 2.23. The number of hydrogen-bond acceptors (Lipinski definition) is 3. The molecule has 0 aliphatic rings. The van der Waals surface area contributed by atoms with Gasteiger partial charge in [-0.15, -0.1) is 0 Å². The lowest BCUT2D eigenvalue weighted by Crippen LogP contribution is -2.26. The topological polar surface area (TPSA) is 47.6 Å². The third-order valence-electron chi connectivity index (χ3n) is 4.06. The zero-order valence-corrected chi connectivity index (χ0v) is 14.9. The highest BCUT2D eigenvalue weighted by molar-refractivity contribution is 5.95. The molecule has 0 saturated heterocycles. The van der Waals surface area contributed by atoms with Crippen LogP contribution in [-0.4, -0.2) is 20.1 Å². The lowest BCUT2D eigenvalue weighted by atomic mass is 9.99. The molecule has 0 saturated carbocycles. The van der Waals surface area contributed by atoms with Crippen LogP contribution in [0.2, 0.25) is 0 Å². The normalized spacial score (nSPS) is 11.9. The molecule has 0 radical (unpaired) electrons. The van der Waals surface area contributed by atoms with E-state index in [1.54, 1.807) is 32.4 Å². The Morgan fingerprint density at radius 1 is 0.875 bits per heavy atom. The van der Waals surface area contributed by atoms with Crippen LogP contribution in [0, 0.1) is 0 Å². The van der Waals surface area contributed by atoms with Gasteiger partial charge in [-0.3, -0.25) is 4.79 Å². The first-order chi connectivity index (χ1) is 11.4. The lowest BCUT2D eigenvalue weighted by Gasteiger charge is -2.16. The van der Waals surface area contributed by atoms with Crippen molar-refractivity contribution in [3.63, 3.8) is 0 Å². The van der Waals surface area contributed by atoms with Gasteiger partial charge in [0.1, 0.15) is 11.5 Å². The Balaban J connectivity index is 2.13. The highest BCUT2D eigenvalue weighted by atomic mass is 16.5. The van der Waals surface area contributed by atoms with E-state index in [4.69, 9.17) is 9.47 Å². The van der Waals surface area contributed by atoms with Crippen LogP contribution in [0.15, 0.2) is 42.5 Å². The molecule has 1 atom stereocenters. The molecule has 0 aliphatic carbocycles. The van der Waals surface area contributed by atoms with E-state index in [1.807, 2.05) is 6.92 Å². The van der Waals surface area contributed by atoms with E-state index >= 15 is 0 Å². The number of methoxy groups -OCH3 is 2. The molecule has 2 aromatic rings. The number of rotatable bonds is 6. The minimum atomic E-state index is -0.160. The quantitative estimate of drug-likeness (QED) is 0.859. The van der Waals surface area contributed by atoms with E-state index in [0.717, 1.165) is 5.56 Å². The van der Waals surface area contributed by atoms with Crippen molar-refractivity contribution in [2.45, 2.75) is 32.7 Å². The summed E-state index contributed by atoms with van der Waals surface area (Å²) < 4.78 is 10.4. The molecular formula is C20H25NO3. The largest absolute Gasteiger partial charge is 0.497 e. The molecule has 2 aromatic carbocycles. The van der Waals surface area contributed by atoms with Crippen LogP contribution in [0.5, 0.6) is 11.5 Å². The summed E-state index contributed by atoms with van der Waals surface area (Å²) in [5.74, 6) is 1.52. The Labute approximate surface area is 143 Å². The van der Waals surface area contributed by atoms with Gasteiger partial charge >= 0.3 is 0 Å². The zero-order valence-electron chi connectivity index (χ0n) is 14.9. The molecule has 0 fully saturated rings. The molecule has 0 bridgehead atoms. The summed E-state index contributed by atoms with van der Waals surface area (Å²) in [4.78, 5) is 12.5. The van der Waals surface area contributed by atoms with Gasteiger partial charge in [0.15, 0.2) is 0 Å². The molecule has 1 amide bonds. The number of ether oxygens (including phenoxy) is 2. The summed E-state index contributed by atoms with van der Waals surface area (Å²) in [5, 5.41) is 3.01. The van der Waals surface area contributed by atoms with Crippen molar-refractivity contribution in [3.8, 4) is 11.5 Å². The number of benzene rings is 2. The predicted molar refractivity (Wildman–Crippen MR) is 96.0 cm³/mol. The van der Waals surface area contributed by atoms with Crippen molar-refractivity contribution in [3.05, 3.63) is 59.2 Å². The summed E-state index contributed by atoms with van der Waals surface area (Å²) in [6.45, 7) is 6.30. The Morgan fingerprint density at radius 3 is 1.83 bits per heavy atom. The molecule has 4 nitrogen and oxygen atoms in total. The van der Waals surface area contributed by atoms with E-state index < -0.39 is 0 Å². The molecule has 1 unspecified atom stereocenters. The average molecular weight is 327 g/mol. The second-order valence-corrected chi connectivity index (χ2v) is 6.12. The summed E-state index contributed by atoms with van der Waals surface area (Å²) in [6, 6.07) is 13.4. The van der Waals surface area contributed by atoms with Crippen LogP contribution in [0.4, 0.5) is 0 Å². The van der Waals surface area contributed by atoms with Gasteiger partial charge in [0.25, 0.3) is 5.91 Å². The fourth-order valence-electron chi connectivity index (χ4n) is 2.47. The highest BCUT2D eigenvalue weighted by Gasteiger charge is 2.14. The van der Waals surface area contributed by atoms with Gasteiger partial charge in [-0.25, -0.2) is 0 Å². The van der Waals surface area contributed by atoms with E-state index in [2.05, 4.69) is 43.4 Å². The van der Waals surface area contributed by atoms with Gasteiger partial charge < -0.3 is 14.8 Å². The van der Waals surface area contributed by atoms with Crippen LogP contribution in [-0.2, 0) is 0 Å². The molecule has 1 N–H and O–H groups in total. The Kier molecular flexibility index (Phi) is 5.85. The Hall–Kier alpha value is -2.49. The van der Waals surface area contributed by atoms with E-state index in [9.17, 15) is 4.79 Å². The van der Waals surface area contributed by atoms with Crippen molar-refractivity contribution < 1.29 is 14.3 Å². The SMILES string of the molecule is COc1cc(OC)cc(C(=O)NC(C)c2ccc(C(C)C)cc2)c1. The average Bonchev–Trinajstić information content (AvgIpc) is 2.61. The molecule has 24 heavy (non-hydrogen) atoms. The molecule has 0 aliphatic heterocycles. The number of carbonyl (C=O) groups excluding carboxylic acids is 1. The monoisotopic (exact) mass is 327 g/mol. The van der Waals surface area contributed by atoms with E-state index in [0.29, 0.717) is 23.0 Å². The van der Waals surface area contributed by atoms with Gasteiger partial charge in [0.05, 0.1) is 20.3 Å². The third kappa shape index (κ3) is 4.28. The van der Waals surface area contributed by atoms with Gasteiger partial charge in [-0.1, -0.05) is 38.1 Å². The Bertz CT molecular complexity index is 670. The lowest BCUT2D eigenvalue weighted by molar-refractivity contribution is 0.0939. The fraction of sp³-hybridized carbons (Fsp3) is 0.350. The molecule has 2 rings (SSSR count). The van der Waals surface area contributed by atoms with Crippen molar-refractivity contribution in [1.29, 1.82) is 0 Å².